The number of hydrogen-bond acceptors (Lipinski definition) is 6. The van der Waals surface area contributed by atoms with Gasteiger partial charge < -0.3 is 19.3 Å². The third-order valence-corrected chi connectivity index (χ3v) is 7.59. The highest BCUT2D eigenvalue weighted by Crippen LogP contribution is 2.48. The van der Waals surface area contributed by atoms with Crippen LogP contribution in [0.3, 0.4) is 0 Å². The molecule has 0 aromatic carbocycles. The number of rotatable bonds is 9. The van der Waals surface area contributed by atoms with Crippen LogP contribution in [0.5, 0.6) is 5.88 Å². The summed E-state index contributed by atoms with van der Waals surface area (Å²) >= 11 is 0. The Labute approximate surface area is 172 Å². The smallest absolute Gasteiger partial charge is 0.388 e. The lowest BCUT2D eigenvalue weighted by Gasteiger charge is -2.56. The Kier molecular flexibility index (Phi) is 6.64. The second-order valence-electron chi connectivity index (χ2n) is 9.53. The first-order valence-corrected chi connectivity index (χ1v) is 13.8. The predicted octanol–water partition coefficient (Wildman–Crippen LogP) is 3.18. The van der Waals surface area contributed by atoms with Gasteiger partial charge in [-0.05, 0) is 24.1 Å². The van der Waals surface area contributed by atoms with Gasteiger partial charge in [0.05, 0.1) is 31.2 Å². The van der Waals surface area contributed by atoms with Crippen molar-refractivity contribution in [2.75, 3.05) is 39.7 Å². The van der Waals surface area contributed by atoms with Crippen molar-refractivity contribution >= 4 is 8.07 Å². The average Bonchev–Trinajstić information content (AvgIpc) is 2.57. The summed E-state index contributed by atoms with van der Waals surface area (Å²) in [5.41, 5.74) is 0.765. The molecule has 9 heteroatoms. The highest BCUT2D eigenvalue weighted by molar-refractivity contribution is 6.76. The van der Waals surface area contributed by atoms with E-state index in [0.29, 0.717) is 45.2 Å². The standard InChI is InChI=1S/C20H32F2N2O4Si/c1-19(7-8-25)11-24(14-26-9-10-29(2,3)4)20(12-27-13-20)15-5-6-16(23-17(15)19)28-18(21)22/h5-6,18,25H,7-14H2,1-4H3. The molecule has 2 aliphatic heterocycles. The van der Waals surface area contributed by atoms with Crippen LogP contribution in [0.15, 0.2) is 12.1 Å². The van der Waals surface area contributed by atoms with Crippen LogP contribution in [0.25, 0.3) is 0 Å². The number of halogens is 2. The van der Waals surface area contributed by atoms with Crippen molar-refractivity contribution < 1.29 is 28.1 Å². The van der Waals surface area contributed by atoms with Crippen molar-refractivity contribution in [2.24, 2.45) is 0 Å². The van der Waals surface area contributed by atoms with E-state index in [2.05, 4.69) is 34.3 Å². The molecule has 0 radical (unpaired) electrons. The monoisotopic (exact) mass is 430 g/mol. The molecule has 3 rings (SSSR count). The Balaban J connectivity index is 1.88. The van der Waals surface area contributed by atoms with E-state index >= 15 is 0 Å². The minimum Gasteiger partial charge on any atom is -0.417 e. The van der Waals surface area contributed by atoms with Crippen LogP contribution in [0.1, 0.15) is 24.6 Å². The Bertz CT molecular complexity index is 712. The SMILES string of the molecule is CC1(CCO)CN(COCC[Si](C)(C)C)C2(COC2)c2ccc(OC(F)F)nc21. The first-order valence-electron chi connectivity index (χ1n) is 10.1. The van der Waals surface area contributed by atoms with E-state index in [1.54, 1.807) is 0 Å². The second kappa shape index (κ2) is 8.54. The first kappa shape index (κ1) is 22.5. The average molecular weight is 431 g/mol. The zero-order chi connectivity index (χ0) is 21.3. The van der Waals surface area contributed by atoms with E-state index in [1.165, 1.54) is 6.07 Å². The lowest BCUT2D eigenvalue weighted by molar-refractivity contribution is -0.187. The number of fused-ring (bicyclic) bond motifs is 2. The minimum absolute atomic E-state index is 0.0224. The molecule has 6 nitrogen and oxygen atoms in total. The van der Waals surface area contributed by atoms with Gasteiger partial charge in [-0.2, -0.15) is 8.78 Å². The number of pyridine rings is 1. The van der Waals surface area contributed by atoms with E-state index in [1.807, 2.05) is 13.0 Å². The lowest BCUT2D eigenvalue weighted by atomic mass is 9.70. The van der Waals surface area contributed by atoms with E-state index in [4.69, 9.17) is 9.47 Å². The molecule has 1 N–H and O–H groups in total. The lowest BCUT2D eigenvalue weighted by Crippen LogP contribution is -2.66. The molecule has 1 spiro atoms. The van der Waals surface area contributed by atoms with Gasteiger partial charge >= 0.3 is 6.61 Å². The zero-order valence-electron chi connectivity index (χ0n) is 17.7. The van der Waals surface area contributed by atoms with Crippen molar-refractivity contribution in [3.63, 3.8) is 0 Å². The Hall–Kier alpha value is -1.13. The summed E-state index contributed by atoms with van der Waals surface area (Å²) in [5.74, 6) is -0.0989. The number of nitrogens with zero attached hydrogens (tertiary/aromatic N) is 2. The molecule has 0 aliphatic carbocycles. The number of alkyl halides is 2. The fourth-order valence-electron chi connectivity index (χ4n) is 4.05. The van der Waals surface area contributed by atoms with Gasteiger partial charge in [0, 0.05) is 39.3 Å². The summed E-state index contributed by atoms with van der Waals surface area (Å²) in [6.45, 7) is 8.79. The molecule has 164 valence electrons. The predicted molar refractivity (Wildman–Crippen MR) is 108 cm³/mol. The Morgan fingerprint density at radius 1 is 1.31 bits per heavy atom. The van der Waals surface area contributed by atoms with Gasteiger partial charge in [-0.25, -0.2) is 4.98 Å². The molecule has 3 heterocycles. The third kappa shape index (κ3) is 4.79. The van der Waals surface area contributed by atoms with Gasteiger partial charge in [-0.1, -0.05) is 26.6 Å². The molecule has 0 amide bonds. The maximum atomic E-state index is 12.7. The van der Waals surface area contributed by atoms with Crippen LogP contribution in [0, 0.1) is 0 Å². The van der Waals surface area contributed by atoms with Crippen molar-refractivity contribution in [1.29, 1.82) is 0 Å². The van der Waals surface area contributed by atoms with E-state index in [0.717, 1.165) is 11.6 Å². The van der Waals surface area contributed by atoms with E-state index in [-0.39, 0.29) is 18.0 Å². The number of ether oxygens (including phenoxy) is 3. The van der Waals surface area contributed by atoms with Crippen molar-refractivity contribution in [3.05, 3.63) is 23.4 Å². The number of aromatic nitrogens is 1. The molecule has 0 saturated carbocycles. The van der Waals surface area contributed by atoms with Gasteiger partial charge in [-0.3, -0.25) is 4.90 Å². The van der Waals surface area contributed by atoms with Gasteiger partial charge in [-0.15, -0.1) is 0 Å². The fourth-order valence-corrected chi connectivity index (χ4v) is 4.81. The molecule has 29 heavy (non-hydrogen) atoms. The summed E-state index contributed by atoms with van der Waals surface area (Å²) in [6.07, 6.45) is 0.466. The van der Waals surface area contributed by atoms with Crippen molar-refractivity contribution in [3.8, 4) is 5.88 Å². The van der Waals surface area contributed by atoms with Crippen LogP contribution in [0.2, 0.25) is 25.7 Å². The molecule has 1 aromatic rings. The Morgan fingerprint density at radius 3 is 2.59 bits per heavy atom. The van der Waals surface area contributed by atoms with E-state index in [9.17, 15) is 13.9 Å². The maximum absolute atomic E-state index is 12.7. The minimum atomic E-state index is -2.93. The van der Waals surface area contributed by atoms with Gasteiger partial charge in [0.15, 0.2) is 0 Å². The molecule has 1 saturated heterocycles. The van der Waals surface area contributed by atoms with Crippen LogP contribution < -0.4 is 4.74 Å². The third-order valence-electron chi connectivity index (χ3n) is 5.89. The number of aliphatic hydroxyl groups excluding tert-OH is 1. The highest BCUT2D eigenvalue weighted by Gasteiger charge is 2.54. The van der Waals surface area contributed by atoms with Crippen molar-refractivity contribution in [1.82, 2.24) is 9.88 Å². The summed E-state index contributed by atoms with van der Waals surface area (Å²) in [4.78, 5) is 6.69. The molecule has 0 bridgehead atoms. The summed E-state index contributed by atoms with van der Waals surface area (Å²) in [6, 6.07) is 4.39. The molecule has 2 aliphatic rings. The molecular formula is C20H32F2N2O4Si. The van der Waals surface area contributed by atoms with Gasteiger partial charge in [0.25, 0.3) is 0 Å². The fraction of sp³-hybridized carbons (Fsp3) is 0.750. The maximum Gasteiger partial charge on any atom is 0.388 e. The summed E-state index contributed by atoms with van der Waals surface area (Å²) in [5, 5.41) is 9.67. The second-order valence-corrected chi connectivity index (χ2v) is 15.2. The summed E-state index contributed by atoms with van der Waals surface area (Å²) in [7, 11) is -1.18. The van der Waals surface area contributed by atoms with E-state index < -0.39 is 20.1 Å². The topological polar surface area (TPSA) is 64.1 Å². The van der Waals surface area contributed by atoms with Gasteiger partial charge in [0.2, 0.25) is 5.88 Å². The summed E-state index contributed by atoms with van der Waals surface area (Å²) < 4.78 is 41.5. The van der Waals surface area contributed by atoms with Gasteiger partial charge in [0.1, 0.15) is 0 Å². The first-order chi connectivity index (χ1) is 13.6. The van der Waals surface area contributed by atoms with Crippen LogP contribution in [-0.4, -0.2) is 69.4 Å². The zero-order valence-corrected chi connectivity index (χ0v) is 18.7. The molecular weight excluding hydrogens is 398 g/mol. The molecule has 1 fully saturated rings. The molecule has 1 atom stereocenters. The quantitative estimate of drug-likeness (QED) is 0.480. The molecule has 1 aromatic heterocycles. The largest absolute Gasteiger partial charge is 0.417 e. The van der Waals surface area contributed by atoms with Crippen molar-refractivity contribution in [2.45, 2.75) is 56.6 Å². The van der Waals surface area contributed by atoms with Crippen LogP contribution in [0.4, 0.5) is 8.78 Å². The number of aliphatic hydroxyl groups is 1. The Morgan fingerprint density at radius 2 is 2.03 bits per heavy atom. The number of hydrogen-bond donors (Lipinski definition) is 1. The molecule has 1 unspecified atom stereocenters. The van der Waals surface area contributed by atoms with Crippen LogP contribution in [-0.2, 0) is 20.4 Å². The normalized spacial score (nSPS) is 23.9. The van der Waals surface area contributed by atoms with Crippen LogP contribution >= 0.6 is 0 Å². The highest BCUT2D eigenvalue weighted by atomic mass is 28.3.